The Morgan fingerprint density at radius 1 is 1.27 bits per heavy atom. The summed E-state index contributed by atoms with van der Waals surface area (Å²) in [7, 11) is 0. The molecule has 0 bridgehead atoms. The minimum atomic E-state index is -0.411. The number of halogens is 2. The number of hydrogen-bond donors (Lipinski definition) is 0. The van der Waals surface area contributed by atoms with Gasteiger partial charge in [0.25, 0.3) is 0 Å². The average molecular weight is 225 g/mol. The fourth-order valence-electron chi connectivity index (χ4n) is 1.25. The van der Waals surface area contributed by atoms with E-state index in [9.17, 15) is 9.18 Å². The lowest BCUT2D eigenvalue weighted by Crippen LogP contribution is -1.79. The van der Waals surface area contributed by atoms with Crippen molar-refractivity contribution in [3.63, 3.8) is 0 Å². The summed E-state index contributed by atoms with van der Waals surface area (Å²) < 4.78 is 17.9. The van der Waals surface area contributed by atoms with Gasteiger partial charge in [-0.15, -0.1) is 0 Å². The van der Waals surface area contributed by atoms with Gasteiger partial charge in [-0.3, -0.25) is 4.79 Å². The van der Waals surface area contributed by atoms with Gasteiger partial charge < -0.3 is 4.42 Å². The maximum absolute atomic E-state index is 12.8. The Morgan fingerprint density at radius 2 is 2.07 bits per heavy atom. The van der Waals surface area contributed by atoms with Gasteiger partial charge in [0.05, 0.1) is 5.02 Å². The molecule has 0 saturated carbocycles. The molecule has 15 heavy (non-hydrogen) atoms. The van der Waals surface area contributed by atoms with E-state index in [0.29, 0.717) is 17.6 Å². The van der Waals surface area contributed by atoms with Crippen molar-refractivity contribution in [1.29, 1.82) is 0 Å². The minimum absolute atomic E-state index is 0.213. The van der Waals surface area contributed by atoms with Gasteiger partial charge in [0, 0.05) is 5.56 Å². The molecule has 0 amide bonds. The van der Waals surface area contributed by atoms with Gasteiger partial charge in [0.1, 0.15) is 11.6 Å². The first-order chi connectivity index (χ1) is 7.20. The molecule has 1 aromatic carbocycles. The molecular weight excluding hydrogens is 219 g/mol. The summed E-state index contributed by atoms with van der Waals surface area (Å²) in [5.74, 6) is 0.249. The zero-order valence-electron chi connectivity index (χ0n) is 7.54. The zero-order chi connectivity index (χ0) is 10.8. The second-order valence-corrected chi connectivity index (χ2v) is 3.35. The molecule has 76 valence electrons. The third kappa shape index (κ3) is 1.92. The molecule has 2 rings (SSSR count). The van der Waals surface area contributed by atoms with Gasteiger partial charge >= 0.3 is 0 Å². The third-order valence-electron chi connectivity index (χ3n) is 1.94. The van der Waals surface area contributed by atoms with Crippen molar-refractivity contribution < 1.29 is 13.6 Å². The van der Waals surface area contributed by atoms with Crippen LogP contribution < -0.4 is 0 Å². The van der Waals surface area contributed by atoms with Gasteiger partial charge in [0.2, 0.25) is 0 Å². The number of carbonyl (C=O) groups is 1. The molecule has 0 saturated heterocycles. The van der Waals surface area contributed by atoms with E-state index in [1.54, 1.807) is 6.07 Å². The molecule has 2 aromatic rings. The van der Waals surface area contributed by atoms with Gasteiger partial charge in [-0.1, -0.05) is 11.6 Å². The standard InChI is InChI=1S/C11H6ClFO2/c12-10-5-7(13)1-3-9(10)11-4-2-8(6-14)15-11/h1-6H. The van der Waals surface area contributed by atoms with Crippen LogP contribution in [-0.4, -0.2) is 6.29 Å². The SMILES string of the molecule is O=Cc1ccc(-c2ccc(F)cc2Cl)o1. The molecule has 0 aliphatic heterocycles. The summed E-state index contributed by atoms with van der Waals surface area (Å²) in [6.45, 7) is 0. The van der Waals surface area contributed by atoms with Crippen LogP contribution in [0.3, 0.4) is 0 Å². The molecule has 1 heterocycles. The molecule has 4 heteroatoms. The van der Waals surface area contributed by atoms with E-state index in [2.05, 4.69) is 0 Å². The van der Waals surface area contributed by atoms with Crippen LogP contribution in [0.15, 0.2) is 34.7 Å². The fourth-order valence-corrected chi connectivity index (χ4v) is 1.51. The highest BCUT2D eigenvalue weighted by atomic mass is 35.5. The van der Waals surface area contributed by atoms with Crippen LogP contribution in [0, 0.1) is 5.82 Å². The summed E-state index contributed by atoms with van der Waals surface area (Å²) in [6.07, 6.45) is 0.598. The topological polar surface area (TPSA) is 30.2 Å². The van der Waals surface area contributed by atoms with E-state index in [1.165, 1.54) is 24.3 Å². The van der Waals surface area contributed by atoms with Crippen molar-refractivity contribution in [2.24, 2.45) is 0 Å². The monoisotopic (exact) mass is 224 g/mol. The van der Waals surface area contributed by atoms with E-state index in [1.807, 2.05) is 0 Å². The summed E-state index contributed by atoms with van der Waals surface area (Å²) in [4.78, 5) is 10.4. The van der Waals surface area contributed by atoms with Crippen LogP contribution in [0.25, 0.3) is 11.3 Å². The Balaban J connectivity index is 2.49. The molecule has 0 N–H and O–H groups in total. The molecule has 0 aliphatic carbocycles. The lowest BCUT2D eigenvalue weighted by atomic mass is 10.2. The third-order valence-corrected chi connectivity index (χ3v) is 2.25. The largest absolute Gasteiger partial charge is 0.453 e. The van der Waals surface area contributed by atoms with Gasteiger partial charge in [-0.05, 0) is 30.3 Å². The van der Waals surface area contributed by atoms with Crippen LogP contribution >= 0.6 is 11.6 Å². The maximum atomic E-state index is 12.8. The fraction of sp³-hybridized carbons (Fsp3) is 0. The van der Waals surface area contributed by atoms with Gasteiger partial charge in [-0.2, -0.15) is 0 Å². The van der Waals surface area contributed by atoms with Crippen molar-refractivity contribution in [3.05, 3.63) is 46.9 Å². The van der Waals surface area contributed by atoms with Crippen LogP contribution in [0.5, 0.6) is 0 Å². The van der Waals surface area contributed by atoms with Gasteiger partial charge in [-0.25, -0.2) is 4.39 Å². The predicted octanol–water partition coefficient (Wildman–Crippen LogP) is 3.55. The number of aldehydes is 1. The Morgan fingerprint density at radius 3 is 2.67 bits per heavy atom. The number of rotatable bonds is 2. The van der Waals surface area contributed by atoms with Crippen LogP contribution in [-0.2, 0) is 0 Å². The van der Waals surface area contributed by atoms with Crippen LogP contribution in [0.1, 0.15) is 10.6 Å². The summed E-state index contributed by atoms with van der Waals surface area (Å²) in [6, 6.07) is 7.13. The second kappa shape index (κ2) is 3.87. The summed E-state index contributed by atoms with van der Waals surface area (Å²) in [5.41, 5.74) is 0.561. The van der Waals surface area contributed by atoms with E-state index < -0.39 is 5.82 Å². The first kappa shape index (κ1) is 9.93. The smallest absolute Gasteiger partial charge is 0.185 e. The molecule has 0 aliphatic rings. The van der Waals surface area contributed by atoms with Crippen molar-refractivity contribution in [1.82, 2.24) is 0 Å². The average Bonchev–Trinajstić information content (AvgIpc) is 2.66. The molecule has 2 nitrogen and oxygen atoms in total. The highest BCUT2D eigenvalue weighted by Gasteiger charge is 2.08. The Labute approximate surface area is 90.3 Å². The van der Waals surface area contributed by atoms with E-state index in [4.69, 9.17) is 16.0 Å². The maximum Gasteiger partial charge on any atom is 0.185 e. The zero-order valence-corrected chi connectivity index (χ0v) is 8.29. The van der Waals surface area contributed by atoms with E-state index in [-0.39, 0.29) is 10.8 Å². The lowest BCUT2D eigenvalue weighted by Gasteiger charge is -1.99. The quantitative estimate of drug-likeness (QED) is 0.731. The molecular formula is C11H6ClFO2. The molecule has 1 aromatic heterocycles. The molecule has 0 fully saturated rings. The Hall–Kier alpha value is -1.61. The van der Waals surface area contributed by atoms with Crippen molar-refractivity contribution in [2.45, 2.75) is 0 Å². The summed E-state index contributed by atoms with van der Waals surface area (Å²) in [5, 5.41) is 0.252. The highest BCUT2D eigenvalue weighted by Crippen LogP contribution is 2.29. The van der Waals surface area contributed by atoms with Gasteiger partial charge in [0.15, 0.2) is 12.0 Å². The summed E-state index contributed by atoms with van der Waals surface area (Å²) >= 11 is 5.83. The highest BCUT2D eigenvalue weighted by molar-refractivity contribution is 6.33. The minimum Gasteiger partial charge on any atom is -0.453 e. The van der Waals surface area contributed by atoms with Crippen LogP contribution in [0.4, 0.5) is 4.39 Å². The number of carbonyl (C=O) groups excluding carboxylic acids is 1. The number of benzene rings is 1. The van der Waals surface area contributed by atoms with Crippen molar-refractivity contribution in [2.75, 3.05) is 0 Å². The molecule has 0 unspecified atom stereocenters. The Kier molecular flexibility index (Phi) is 2.56. The first-order valence-corrected chi connectivity index (χ1v) is 4.59. The van der Waals surface area contributed by atoms with E-state index in [0.717, 1.165) is 0 Å². The predicted molar refractivity (Wildman–Crippen MR) is 54.5 cm³/mol. The first-order valence-electron chi connectivity index (χ1n) is 4.21. The number of furan rings is 1. The molecule has 0 atom stereocenters. The lowest BCUT2D eigenvalue weighted by molar-refractivity contribution is 0.110. The Bertz CT molecular complexity index is 505. The van der Waals surface area contributed by atoms with Crippen LogP contribution in [0.2, 0.25) is 5.02 Å². The normalized spacial score (nSPS) is 10.3. The van der Waals surface area contributed by atoms with E-state index >= 15 is 0 Å². The van der Waals surface area contributed by atoms with Crippen molar-refractivity contribution in [3.8, 4) is 11.3 Å². The molecule has 0 radical (unpaired) electrons. The number of hydrogen-bond acceptors (Lipinski definition) is 2. The second-order valence-electron chi connectivity index (χ2n) is 2.94. The molecule has 0 spiro atoms. The van der Waals surface area contributed by atoms with Crippen molar-refractivity contribution >= 4 is 17.9 Å².